The van der Waals surface area contributed by atoms with Gasteiger partial charge in [-0.25, -0.2) is 4.98 Å². The van der Waals surface area contributed by atoms with Gasteiger partial charge in [-0.2, -0.15) is 4.37 Å². The van der Waals surface area contributed by atoms with E-state index < -0.39 is 0 Å². The molecule has 1 unspecified atom stereocenters. The third-order valence-corrected chi connectivity index (χ3v) is 4.28. The molecule has 0 aromatic carbocycles. The van der Waals surface area contributed by atoms with E-state index in [-0.39, 0.29) is 10.8 Å². The Kier molecular flexibility index (Phi) is 3.04. The van der Waals surface area contributed by atoms with Gasteiger partial charge in [0.2, 0.25) is 0 Å². The van der Waals surface area contributed by atoms with Gasteiger partial charge in [0.25, 0.3) is 0 Å². The van der Waals surface area contributed by atoms with Crippen molar-refractivity contribution in [1.29, 1.82) is 0 Å². The SMILES string of the molecule is CC(C)(C)C(Cl)Cc1nc(C2CC2)ns1. The zero-order chi connectivity index (χ0) is 11.1. The van der Waals surface area contributed by atoms with E-state index >= 15 is 0 Å². The highest BCUT2D eigenvalue weighted by molar-refractivity contribution is 7.05. The molecule has 1 saturated carbocycles. The second kappa shape index (κ2) is 4.02. The van der Waals surface area contributed by atoms with Crippen molar-refractivity contribution in [2.24, 2.45) is 5.41 Å². The van der Waals surface area contributed by atoms with Crippen LogP contribution in [0.3, 0.4) is 0 Å². The van der Waals surface area contributed by atoms with Gasteiger partial charge in [0, 0.05) is 17.7 Å². The molecule has 84 valence electrons. The molecule has 4 heteroatoms. The van der Waals surface area contributed by atoms with E-state index in [1.165, 1.54) is 24.4 Å². The molecule has 0 amide bonds. The maximum absolute atomic E-state index is 6.33. The van der Waals surface area contributed by atoms with Crippen molar-refractivity contribution in [2.45, 2.75) is 51.3 Å². The topological polar surface area (TPSA) is 25.8 Å². The minimum Gasteiger partial charge on any atom is -0.224 e. The van der Waals surface area contributed by atoms with Crippen LogP contribution < -0.4 is 0 Å². The number of hydrogen-bond donors (Lipinski definition) is 0. The molecule has 0 bridgehead atoms. The van der Waals surface area contributed by atoms with Gasteiger partial charge in [-0.15, -0.1) is 11.6 Å². The Morgan fingerprint density at radius 3 is 2.67 bits per heavy atom. The highest BCUT2D eigenvalue weighted by Gasteiger charge is 2.29. The van der Waals surface area contributed by atoms with Gasteiger partial charge < -0.3 is 0 Å². The Labute approximate surface area is 100 Å². The fraction of sp³-hybridized carbons (Fsp3) is 0.818. The van der Waals surface area contributed by atoms with Crippen molar-refractivity contribution in [2.75, 3.05) is 0 Å². The summed E-state index contributed by atoms with van der Waals surface area (Å²) in [5.74, 6) is 1.70. The minimum absolute atomic E-state index is 0.132. The van der Waals surface area contributed by atoms with E-state index in [0.717, 1.165) is 17.3 Å². The lowest BCUT2D eigenvalue weighted by Crippen LogP contribution is -2.22. The second-order valence-corrected chi connectivity index (χ2v) is 6.72. The summed E-state index contributed by atoms with van der Waals surface area (Å²) < 4.78 is 4.39. The fourth-order valence-electron chi connectivity index (χ4n) is 1.32. The van der Waals surface area contributed by atoms with Crippen molar-refractivity contribution < 1.29 is 0 Å². The Morgan fingerprint density at radius 1 is 1.47 bits per heavy atom. The summed E-state index contributed by atoms with van der Waals surface area (Å²) in [5.41, 5.74) is 0.132. The van der Waals surface area contributed by atoms with Crippen LogP contribution in [0.4, 0.5) is 0 Å². The zero-order valence-electron chi connectivity index (χ0n) is 9.46. The van der Waals surface area contributed by atoms with Gasteiger partial charge in [-0.3, -0.25) is 0 Å². The number of nitrogens with zero attached hydrogens (tertiary/aromatic N) is 2. The largest absolute Gasteiger partial charge is 0.224 e. The van der Waals surface area contributed by atoms with Crippen LogP contribution in [0.1, 0.15) is 50.4 Å². The maximum Gasteiger partial charge on any atom is 0.145 e. The van der Waals surface area contributed by atoms with Gasteiger partial charge >= 0.3 is 0 Å². The lowest BCUT2D eigenvalue weighted by atomic mass is 9.90. The highest BCUT2D eigenvalue weighted by Crippen LogP contribution is 2.39. The molecular formula is C11H17ClN2S. The van der Waals surface area contributed by atoms with Gasteiger partial charge in [0.1, 0.15) is 10.8 Å². The average Bonchev–Trinajstić information content (AvgIpc) is 2.87. The first-order valence-corrected chi connectivity index (χ1v) is 6.64. The number of aromatic nitrogens is 2. The first-order valence-electron chi connectivity index (χ1n) is 5.43. The number of alkyl halides is 1. The molecule has 1 aliphatic carbocycles. The molecule has 1 fully saturated rings. The van der Waals surface area contributed by atoms with Gasteiger partial charge in [-0.1, -0.05) is 20.8 Å². The van der Waals surface area contributed by atoms with E-state index in [1.54, 1.807) is 0 Å². The molecule has 2 nitrogen and oxygen atoms in total. The van der Waals surface area contributed by atoms with E-state index in [0.29, 0.717) is 5.92 Å². The van der Waals surface area contributed by atoms with Gasteiger partial charge in [0.15, 0.2) is 0 Å². The molecule has 0 spiro atoms. The van der Waals surface area contributed by atoms with Crippen LogP contribution in [-0.4, -0.2) is 14.7 Å². The second-order valence-electron chi connectivity index (χ2n) is 5.36. The quantitative estimate of drug-likeness (QED) is 0.760. The van der Waals surface area contributed by atoms with Crippen LogP contribution in [-0.2, 0) is 6.42 Å². The van der Waals surface area contributed by atoms with E-state index in [2.05, 4.69) is 30.1 Å². The molecule has 15 heavy (non-hydrogen) atoms. The minimum atomic E-state index is 0.132. The van der Waals surface area contributed by atoms with Crippen LogP contribution in [0.25, 0.3) is 0 Å². The van der Waals surface area contributed by atoms with Gasteiger partial charge in [0.05, 0.1) is 0 Å². The monoisotopic (exact) mass is 244 g/mol. The van der Waals surface area contributed by atoms with E-state index in [9.17, 15) is 0 Å². The highest BCUT2D eigenvalue weighted by atomic mass is 35.5. The number of rotatable bonds is 3. The summed E-state index contributed by atoms with van der Waals surface area (Å²) in [7, 11) is 0. The van der Waals surface area contributed by atoms with Crippen molar-refractivity contribution in [3.05, 3.63) is 10.8 Å². The molecule has 1 heterocycles. The van der Waals surface area contributed by atoms with E-state index in [1.807, 2.05) is 0 Å². The normalized spacial score (nSPS) is 19.2. The number of halogens is 1. The molecule has 1 atom stereocenters. The standard InChI is InChI=1S/C11H17ClN2S/c1-11(2,3)8(12)6-9-13-10(14-15-9)7-4-5-7/h7-8H,4-6H2,1-3H3. The Balaban J connectivity index is 1.98. The smallest absolute Gasteiger partial charge is 0.145 e. The molecule has 1 aromatic heterocycles. The third-order valence-electron chi connectivity index (χ3n) is 2.72. The summed E-state index contributed by atoms with van der Waals surface area (Å²) in [5, 5.41) is 1.23. The summed E-state index contributed by atoms with van der Waals surface area (Å²) >= 11 is 7.85. The Bertz CT molecular complexity index is 339. The summed E-state index contributed by atoms with van der Waals surface area (Å²) in [4.78, 5) is 4.55. The predicted octanol–water partition coefficient (Wildman–Crippen LogP) is 3.61. The van der Waals surface area contributed by atoms with Crippen LogP contribution in [0.2, 0.25) is 0 Å². The molecule has 1 aromatic rings. The molecule has 0 N–H and O–H groups in total. The molecule has 0 radical (unpaired) electrons. The first kappa shape index (κ1) is 11.3. The van der Waals surface area contributed by atoms with Crippen LogP contribution in [0.15, 0.2) is 0 Å². The average molecular weight is 245 g/mol. The third kappa shape index (κ3) is 2.91. The Morgan fingerprint density at radius 2 is 2.13 bits per heavy atom. The molecule has 0 saturated heterocycles. The number of hydrogen-bond acceptors (Lipinski definition) is 3. The fourth-order valence-corrected chi connectivity index (χ4v) is 2.32. The van der Waals surface area contributed by atoms with Crippen LogP contribution >= 0.6 is 23.1 Å². The maximum atomic E-state index is 6.33. The lowest BCUT2D eigenvalue weighted by Gasteiger charge is -2.23. The summed E-state index contributed by atoms with van der Waals surface area (Å²) in [6.07, 6.45) is 3.37. The summed E-state index contributed by atoms with van der Waals surface area (Å²) in [6, 6.07) is 0. The van der Waals surface area contributed by atoms with Crippen LogP contribution in [0.5, 0.6) is 0 Å². The van der Waals surface area contributed by atoms with Crippen molar-refractivity contribution in [1.82, 2.24) is 9.36 Å². The van der Waals surface area contributed by atoms with E-state index in [4.69, 9.17) is 11.6 Å². The molecule has 1 aliphatic rings. The molecule has 0 aliphatic heterocycles. The Hall–Kier alpha value is -0.150. The summed E-state index contributed by atoms with van der Waals surface area (Å²) in [6.45, 7) is 6.48. The predicted molar refractivity (Wildman–Crippen MR) is 64.7 cm³/mol. The first-order chi connectivity index (χ1) is 6.97. The molecular weight excluding hydrogens is 228 g/mol. The van der Waals surface area contributed by atoms with Crippen molar-refractivity contribution >= 4 is 23.1 Å². The van der Waals surface area contributed by atoms with Crippen molar-refractivity contribution in [3.8, 4) is 0 Å². The van der Waals surface area contributed by atoms with Gasteiger partial charge in [-0.05, 0) is 29.8 Å². The van der Waals surface area contributed by atoms with Crippen molar-refractivity contribution in [3.63, 3.8) is 0 Å². The van der Waals surface area contributed by atoms with Crippen LogP contribution in [0, 0.1) is 5.41 Å². The molecule has 2 rings (SSSR count). The lowest BCUT2D eigenvalue weighted by molar-refractivity contribution is 0.386. The zero-order valence-corrected chi connectivity index (χ0v) is 11.0.